The largest absolute Gasteiger partial charge is 0.506 e. The summed E-state index contributed by atoms with van der Waals surface area (Å²) in [5.41, 5.74) is -2.43. The summed E-state index contributed by atoms with van der Waals surface area (Å²) < 4.78 is 69.4. The van der Waals surface area contributed by atoms with E-state index in [4.69, 9.17) is 4.74 Å². The summed E-state index contributed by atoms with van der Waals surface area (Å²) in [5, 5.41) is 9.99. The highest BCUT2D eigenvalue weighted by molar-refractivity contribution is 9.12. The number of halogens is 6. The summed E-state index contributed by atoms with van der Waals surface area (Å²) in [6.07, 6.45) is -5.72. The Hall–Kier alpha value is -1.31. The summed E-state index contributed by atoms with van der Waals surface area (Å²) in [4.78, 5) is 0. The highest BCUT2D eigenvalue weighted by Gasteiger charge is 2.59. The van der Waals surface area contributed by atoms with Crippen LogP contribution in [-0.4, -0.2) is 16.9 Å². The number of hydrogen-bond donors (Lipinski definition) is 1. The van der Waals surface area contributed by atoms with Gasteiger partial charge in [0.15, 0.2) is 0 Å². The molecule has 0 atom stereocenters. The van der Waals surface area contributed by atoms with Crippen LogP contribution in [0.2, 0.25) is 0 Å². The first-order valence-electron chi connectivity index (χ1n) is 5.75. The molecule has 1 heterocycles. The molecule has 1 aromatic carbocycles. The molecule has 0 saturated heterocycles. The van der Waals surface area contributed by atoms with Crippen LogP contribution >= 0.6 is 15.9 Å². The third kappa shape index (κ3) is 2.49. The fraction of sp³-hybridized carbons (Fsp3) is 0.385. The van der Waals surface area contributed by atoms with E-state index in [0.717, 1.165) is 6.07 Å². The summed E-state index contributed by atoms with van der Waals surface area (Å²) in [5.74, 6) is -5.41. The van der Waals surface area contributed by atoms with Crippen molar-refractivity contribution in [2.75, 3.05) is 0 Å². The van der Waals surface area contributed by atoms with E-state index < -0.39 is 29.0 Å². The molecule has 1 N–H and O–H groups in total. The molecule has 0 aromatic heterocycles. The minimum absolute atomic E-state index is 0.0300. The van der Waals surface area contributed by atoms with Gasteiger partial charge in [-0.2, -0.15) is 22.0 Å². The molecule has 0 amide bonds. The van der Waals surface area contributed by atoms with Gasteiger partial charge < -0.3 is 9.84 Å². The third-order valence-corrected chi connectivity index (χ3v) is 4.39. The van der Waals surface area contributed by atoms with Crippen LogP contribution in [-0.2, 0) is 5.92 Å². The SMILES string of the molecule is CC1(C)Oc2ccc(C(F)(F)C(F)(F)F)cc2C(O)=C1Br. The number of aliphatic hydroxyl groups excluding tert-OH is 1. The molecule has 2 nitrogen and oxygen atoms in total. The van der Waals surface area contributed by atoms with Gasteiger partial charge in [0, 0.05) is 5.56 Å². The van der Waals surface area contributed by atoms with Crippen molar-refractivity contribution in [3.8, 4) is 5.75 Å². The standard InChI is InChI=1S/C13H10BrF5O2/c1-11(2)10(14)9(20)7-5-6(3-4-8(7)21-11)12(15,16)13(17,18)19/h3-5,20H,1-2H3. The van der Waals surface area contributed by atoms with E-state index in [1.54, 1.807) is 13.8 Å². The molecule has 0 spiro atoms. The van der Waals surface area contributed by atoms with Crippen molar-refractivity contribution in [3.63, 3.8) is 0 Å². The molecule has 0 aliphatic carbocycles. The van der Waals surface area contributed by atoms with Crippen molar-refractivity contribution in [2.45, 2.75) is 31.5 Å². The predicted molar refractivity (Wildman–Crippen MR) is 69.6 cm³/mol. The first kappa shape index (κ1) is 16.1. The second kappa shape index (κ2) is 4.59. The highest BCUT2D eigenvalue weighted by Crippen LogP contribution is 2.47. The molecule has 8 heteroatoms. The van der Waals surface area contributed by atoms with Crippen LogP contribution in [0.3, 0.4) is 0 Å². The van der Waals surface area contributed by atoms with Crippen LogP contribution in [0.15, 0.2) is 22.7 Å². The Morgan fingerprint density at radius 2 is 1.71 bits per heavy atom. The van der Waals surface area contributed by atoms with E-state index in [9.17, 15) is 27.1 Å². The Morgan fingerprint density at radius 1 is 1.14 bits per heavy atom. The third-order valence-electron chi connectivity index (χ3n) is 3.05. The lowest BCUT2D eigenvalue weighted by Gasteiger charge is -2.33. The number of ether oxygens (including phenoxy) is 1. The van der Waals surface area contributed by atoms with Crippen LogP contribution in [0.25, 0.3) is 5.76 Å². The second-order valence-electron chi connectivity index (χ2n) is 5.06. The van der Waals surface area contributed by atoms with Crippen LogP contribution in [0.4, 0.5) is 22.0 Å². The monoisotopic (exact) mass is 372 g/mol. The average Bonchev–Trinajstić information content (AvgIpc) is 2.34. The second-order valence-corrected chi connectivity index (χ2v) is 5.85. The number of rotatable bonds is 1. The maximum Gasteiger partial charge on any atom is 0.458 e. The van der Waals surface area contributed by atoms with Gasteiger partial charge in [-0.05, 0) is 48.0 Å². The van der Waals surface area contributed by atoms with Gasteiger partial charge in [0.1, 0.15) is 17.1 Å². The minimum Gasteiger partial charge on any atom is -0.506 e. The lowest BCUT2D eigenvalue weighted by atomic mass is 9.97. The van der Waals surface area contributed by atoms with Crippen molar-refractivity contribution in [1.29, 1.82) is 0 Å². The molecule has 0 fully saturated rings. The van der Waals surface area contributed by atoms with E-state index in [0.29, 0.717) is 12.1 Å². The number of benzene rings is 1. The molecular formula is C13H10BrF5O2. The van der Waals surface area contributed by atoms with Crippen molar-refractivity contribution >= 4 is 21.7 Å². The van der Waals surface area contributed by atoms with Crippen LogP contribution in [0.1, 0.15) is 25.0 Å². The van der Waals surface area contributed by atoms with E-state index >= 15 is 0 Å². The summed E-state index contributed by atoms with van der Waals surface area (Å²) in [7, 11) is 0. The van der Waals surface area contributed by atoms with Crippen LogP contribution in [0, 0.1) is 0 Å². The summed E-state index contributed by atoms with van der Waals surface area (Å²) in [6.45, 7) is 3.21. The van der Waals surface area contributed by atoms with E-state index in [1.807, 2.05) is 0 Å². The molecule has 21 heavy (non-hydrogen) atoms. The van der Waals surface area contributed by atoms with Gasteiger partial charge in [0.25, 0.3) is 0 Å². The molecule has 1 aliphatic heterocycles. The maximum atomic E-state index is 13.3. The van der Waals surface area contributed by atoms with Crippen molar-refractivity contribution in [2.24, 2.45) is 0 Å². The number of hydrogen-bond acceptors (Lipinski definition) is 2. The minimum atomic E-state index is -5.72. The fourth-order valence-corrected chi connectivity index (χ4v) is 2.18. The summed E-state index contributed by atoms with van der Waals surface area (Å²) >= 11 is 3.05. The fourth-order valence-electron chi connectivity index (χ4n) is 1.89. The van der Waals surface area contributed by atoms with Gasteiger partial charge in [-0.25, -0.2) is 0 Å². The number of fused-ring (bicyclic) bond motifs is 1. The zero-order valence-electron chi connectivity index (χ0n) is 10.9. The van der Waals surface area contributed by atoms with Gasteiger partial charge in [-0.3, -0.25) is 0 Å². The van der Waals surface area contributed by atoms with Gasteiger partial charge >= 0.3 is 12.1 Å². The topological polar surface area (TPSA) is 29.5 Å². The lowest BCUT2D eigenvalue weighted by molar-refractivity contribution is -0.289. The zero-order chi connectivity index (χ0) is 16.2. The van der Waals surface area contributed by atoms with Crippen LogP contribution < -0.4 is 4.74 Å². The van der Waals surface area contributed by atoms with Gasteiger partial charge in [-0.1, -0.05) is 0 Å². The Balaban J connectivity index is 2.59. The molecule has 0 bridgehead atoms. The molecular weight excluding hydrogens is 363 g/mol. The first-order chi connectivity index (χ1) is 9.38. The molecule has 0 unspecified atom stereocenters. The smallest absolute Gasteiger partial charge is 0.458 e. The maximum absolute atomic E-state index is 13.3. The average molecular weight is 373 g/mol. The summed E-state index contributed by atoms with van der Waals surface area (Å²) in [6, 6.07) is 2.20. The normalized spacial score (nSPS) is 18.3. The Morgan fingerprint density at radius 3 is 2.24 bits per heavy atom. The Kier molecular flexibility index (Phi) is 3.51. The molecule has 0 saturated carbocycles. The molecule has 1 aromatic rings. The highest BCUT2D eigenvalue weighted by atomic mass is 79.9. The van der Waals surface area contributed by atoms with E-state index in [1.165, 1.54) is 0 Å². The van der Waals surface area contributed by atoms with Gasteiger partial charge in [-0.15, -0.1) is 0 Å². The molecule has 0 radical (unpaired) electrons. The van der Waals surface area contributed by atoms with Crippen molar-refractivity contribution in [1.82, 2.24) is 0 Å². The van der Waals surface area contributed by atoms with E-state index in [2.05, 4.69) is 15.9 Å². The quantitative estimate of drug-likeness (QED) is 0.692. The van der Waals surface area contributed by atoms with Crippen molar-refractivity contribution in [3.05, 3.63) is 33.8 Å². The Bertz CT molecular complexity index is 619. The van der Waals surface area contributed by atoms with Gasteiger partial charge in [0.05, 0.1) is 10.0 Å². The molecule has 2 rings (SSSR count). The number of aliphatic hydroxyl groups is 1. The first-order valence-corrected chi connectivity index (χ1v) is 6.55. The molecule has 116 valence electrons. The predicted octanol–water partition coefficient (Wildman–Crippen LogP) is 5.13. The van der Waals surface area contributed by atoms with Crippen LogP contribution in [0.5, 0.6) is 5.75 Å². The molecule has 1 aliphatic rings. The number of alkyl halides is 5. The zero-order valence-corrected chi connectivity index (χ0v) is 12.4. The van der Waals surface area contributed by atoms with E-state index in [-0.39, 0.29) is 15.8 Å². The van der Waals surface area contributed by atoms with Crippen molar-refractivity contribution < 1.29 is 31.8 Å². The lowest BCUT2D eigenvalue weighted by Crippen LogP contribution is -2.35. The van der Waals surface area contributed by atoms with Gasteiger partial charge in [0.2, 0.25) is 0 Å². The Labute approximate surface area is 125 Å².